The van der Waals surface area contributed by atoms with E-state index in [-0.39, 0.29) is 37.9 Å². The van der Waals surface area contributed by atoms with E-state index < -0.39 is 10.0 Å². The molecule has 0 unspecified atom stereocenters. The molecule has 1 saturated heterocycles. The van der Waals surface area contributed by atoms with Crippen LogP contribution in [0.2, 0.25) is 0 Å². The number of carbonyl (C=O) groups is 1. The van der Waals surface area contributed by atoms with Crippen LogP contribution in [0.4, 0.5) is 4.39 Å². The molecule has 0 bridgehead atoms. The standard InChI is InChI=1S/C22H23FN4O3S/c1-15-3-8-21(16(2)13-15)31(29,30)27-11-9-26(10-12-27)22(28)20-14-19(24-25-20)17-4-6-18(23)7-5-17/h3-8,13-14H,9-12H2,1-2H3,(H,24,25). The van der Waals surface area contributed by atoms with Gasteiger partial charge in [0.25, 0.3) is 5.91 Å². The number of aryl methyl sites for hydroxylation is 2. The third-order valence-corrected chi connectivity index (χ3v) is 7.48. The first kappa shape index (κ1) is 21.2. The number of halogens is 1. The Morgan fingerprint density at radius 3 is 2.32 bits per heavy atom. The fraction of sp³-hybridized carbons (Fsp3) is 0.273. The third-order valence-electron chi connectivity index (χ3n) is 5.42. The zero-order chi connectivity index (χ0) is 22.2. The minimum Gasteiger partial charge on any atom is -0.335 e. The van der Waals surface area contributed by atoms with Crippen LogP contribution in [0.15, 0.2) is 53.4 Å². The fourth-order valence-corrected chi connectivity index (χ4v) is 5.36. The summed E-state index contributed by atoms with van der Waals surface area (Å²) in [5.74, 6) is -0.589. The monoisotopic (exact) mass is 442 g/mol. The lowest BCUT2D eigenvalue weighted by Crippen LogP contribution is -2.50. The number of rotatable bonds is 4. The van der Waals surface area contributed by atoms with Gasteiger partial charge in [0.15, 0.2) is 0 Å². The van der Waals surface area contributed by atoms with Gasteiger partial charge in [0.2, 0.25) is 10.0 Å². The van der Waals surface area contributed by atoms with Gasteiger partial charge in [-0.3, -0.25) is 9.89 Å². The maximum atomic E-state index is 13.1. The Kier molecular flexibility index (Phi) is 5.63. The molecule has 0 spiro atoms. The van der Waals surface area contributed by atoms with Gasteiger partial charge in [-0.05, 0) is 55.8 Å². The van der Waals surface area contributed by atoms with Crippen molar-refractivity contribution in [1.29, 1.82) is 0 Å². The van der Waals surface area contributed by atoms with Crippen LogP contribution in [0.3, 0.4) is 0 Å². The van der Waals surface area contributed by atoms with Gasteiger partial charge < -0.3 is 4.90 Å². The lowest BCUT2D eigenvalue weighted by atomic mass is 10.1. The Morgan fingerprint density at radius 2 is 1.68 bits per heavy atom. The van der Waals surface area contributed by atoms with Gasteiger partial charge in [-0.25, -0.2) is 12.8 Å². The highest BCUT2D eigenvalue weighted by molar-refractivity contribution is 7.89. The molecule has 0 atom stereocenters. The molecular weight excluding hydrogens is 419 g/mol. The first-order valence-electron chi connectivity index (χ1n) is 9.94. The van der Waals surface area contributed by atoms with Crippen LogP contribution >= 0.6 is 0 Å². The van der Waals surface area contributed by atoms with E-state index >= 15 is 0 Å². The SMILES string of the molecule is Cc1ccc(S(=O)(=O)N2CCN(C(=O)c3cc(-c4ccc(F)cc4)n[nH]3)CC2)c(C)c1. The lowest BCUT2D eigenvalue weighted by molar-refractivity contribution is 0.0692. The summed E-state index contributed by atoms with van der Waals surface area (Å²) in [6.45, 7) is 4.73. The van der Waals surface area contributed by atoms with E-state index in [0.717, 1.165) is 5.56 Å². The second-order valence-electron chi connectivity index (χ2n) is 7.64. The van der Waals surface area contributed by atoms with Crippen molar-refractivity contribution in [2.45, 2.75) is 18.7 Å². The number of aromatic amines is 1. The number of nitrogens with zero attached hydrogens (tertiary/aromatic N) is 3. The molecule has 1 amide bonds. The number of hydrogen-bond donors (Lipinski definition) is 1. The van der Waals surface area contributed by atoms with Crippen LogP contribution in [0, 0.1) is 19.7 Å². The molecule has 1 fully saturated rings. The van der Waals surface area contributed by atoms with E-state index in [2.05, 4.69) is 10.2 Å². The Labute approximate surface area is 180 Å². The Balaban J connectivity index is 1.44. The second-order valence-corrected chi connectivity index (χ2v) is 9.55. The number of nitrogens with one attached hydrogen (secondary N) is 1. The molecule has 31 heavy (non-hydrogen) atoms. The van der Waals surface area contributed by atoms with Crippen molar-refractivity contribution >= 4 is 15.9 Å². The number of amides is 1. The summed E-state index contributed by atoms with van der Waals surface area (Å²) >= 11 is 0. The molecule has 2 heterocycles. The average Bonchev–Trinajstić information content (AvgIpc) is 3.24. The van der Waals surface area contributed by atoms with Gasteiger partial charge in [0.1, 0.15) is 11.5 Å². The quantitative estimate of drug-likeness (QED) is 0.673. The molecule has 3 aromatic rings. The molecule has 1 aromatic heterocycles. The minimum atomic E-state index is -3.61. The molecule has 2 aromatic carbocycles. The zero-order valence-corrected chi connectivity index (χ0v) is 18.1. The van der Waals surface area contributed by atoms with E-state index in [1.807, 2.05) is 13.0 Å². The maximum absolute atomic E-state index is 13.1. The summed E-state index contributed by atoms with van der Waals surface area (Å²) in [5, 5.41) is 6.87. The summed E-state index contributed by atoms with van der Waals surface area (Å²) in [6, 6.07) is 12.8. The van der Waals surface area contributed by atoms with E-state index in [1.165, 1.54) is 16.4 Å². The fourth-order valence-electron chi connectivity index (χ4n) is 3.73. The maximum Gasteiger partial charge on any atom is 0.271 e. The van der Waals surface area contributed by atoms with Crippen LogP contribution < -0.4 is 0 Å². The molecule has 162 valence electrons. The number of carbonyl (C=O) groups excluding carboxylic acids is 1. The van der Waals surface area contributed by atoms with Crippen molar-refractivity contribution in [3.63, 3.8) is 0 Å². The highest BCUT2D eigenvalue weighted by atomic mass is 32.2. The van der Waals surface area contributed by atoms with Crippen molar-refractivity contribution in [3.05, 3.63) is 71.2 Å². The number of hydrogen-bond acceptors (Lipinski definition) is 4. The molecule has 1 aliphatic rings. The average molecular weight is 443 g/mol. The Bertz CT molecular complexity index is 1210. The minimum absolute atomic E-state index is 0.223. The van der Waals surface area contributed by atoms with E-state index in [0.29, 0.717) is 27.4 Å². The molecule has 7 nitrogen and oxygen atoms in total. The molecule has 1 N–H and O–H groups in total. The zero-order valence-electron chi connectivity index (χ0n) is 17.3. The van der Waals surface area contributed by atoms with Gasteiger partial charge in [-0.2, -0.15) is 9.40 Å². The normalized spacial score (nSPS) is 15.3. The summed E-state index contributed by atoms with van der Waals surface area (Å²) < 4.78 is 40.6. The first-order valence-corrected chi connectivity index (χ1v) is 11.4. The molecule has 4 rings (SSSR count). The van der Waals surface area contributed by atoms with E-state index in [4.69, 9.17) is 0 Å². The highest BCUT2D eigenvalue weighted by Crippen LogP contribution is 2.23. The summed E-state index contributed by atoms with van der Waals surface area (Å²) in [7, 11) is -3.61. The van der Waals surface area contributed by atoms with Crippen molar-refractivity contribution < 1.29 is 17.6 Å². The molecular formula is C22H23FN4O3S. The van der Waals surface area contributed by atoms with Gasteiger partial charge in [0, 0.05) is 31.7 Å². The molecule has 0 radical (unpaired) electrons. The van der Waals surface area contributed by atoms with Crippen molar-refractivity contribution in [3.8, 4) is 11.3 Å². The molecule has 0 aliphatic carbocycles. The van der Waals surface area contributed by atoms with Gasteiger partial charge in [0.05, 0.1) is 10.6 Å². The third kappa shape index (κ3) is 4.24. The highest BCUT2D eigenvalue weighted by Gasteiger charge is 2.31. The number of benzene rings is 2. The predicted octanol–water partition coefficient (Wildman–Crippen LogP) is 2.98. The van der Waals surface area contributed by atoms with Crippen molar-refractivity contribution in [1.82, 2.24) is 19.4 Å². The first-order chi connectivity index (χ1) is 14.8. The van der Waals surface area contributed by atoms with E-state index in [9.17, 15) is 17.6 Å². The summed E-state index contributed by atoms with van der Waals surface area (Å²) in [5.41, 5.74) is 3.27. The summed E-state index contributed by atoms with van der Waals surface area (Å²) in [4.78, 5) is 14.8. The predicted molar refractivity (Wildman–Crippen MR) is 115 cm³/mol. The number of H-pyrrole nitrogens is 1. The second kappa shape index (κ2) is 8.24. The molecule has 1 aliphatic heterocycles. The van der Waals surface area contributed by atoms with Crippen LogP contribution in [0.1, 0.15) is 21.6 Å². The van der Waals surface area contributed by atoms with Crippen LogP contribution in [0.5, 0.6) is 0 Å². The number of aromatic nitrogens is 2. The topological polar surface area (TPSA) is 86.4 Å². The van der Waals surface area contributed by atoms with Crippen LogP contribution in [-0.2, 0) is 10.0 Å². The largest absolute Gasteiger partial charge is 0.335 e. The van der Waals surface area contributed by atoms with Gasteiger partial charge in [-0.1, -0.05) is 17.7 Å². The number of sulfonamides is 1. The van der Waals surface area contributed by atoms with E-state index in [1.54, 1.807) is 42.2 Å². The number of piperazine rings is 1. The smallest absolute Gasteiger partial charge is 0.271 e. The van der Waals surface area contributed by atoms with Gasteiger partial charge >= 0.3 is 0 Å². The Morgan fingerprint density at radius 1 is 1.00 bits per heavy atom. The Hall–Kier alpha value is -3.04. The lowest BCUT2D eigenvalue weighted by Gasteiger charge is -2.34. The van der Waals surface area contributed by atoms with Gasteiger partial charge in [-0.15, -0.1) is 0 Å². The van der Waals surface area contributed by atoms with Crippen molar-refractivity contribution in [2.24, 2.45) is 0 Å². The van der Waals surface area contributed by atoms with Crippen LogP contribution in [0.25, 0.3) is 11.3 Å². The molecule has 9 heteroatoms. The summed E-state index contributed by atoms with van der Waals surface area (Å²) in [6.07, 6.45) is 0. The molecule has 0 saturated carbocycles. The van der Waals surface area contributed by atoms with Crippen molar-refractivity contribution in [2.75, 3.05) is 26.2 Å². The van der Waals surface area contributed by atoms with Crippen LogP contribution in [-0.4, -0.2) is 59.9 Å².